The van der Waals surface area contributed by atoms with Crippen molar-refractivity contribution in [3.8, 4) is 0 Å². The monoisotopic (exact) mass is 1220 g/mol. The van der Waals surface area contributed by atoms with Crippen molar-refractivity contribution in [1.29, 1.82) is 0 Å². The molecule has 83 heavy (non-hydrogen) atoms. The number of hydrogen-bond acceptors (Lipinski definition) is 2. The molecule has 0 saturated carbocycles. The maximum atomic E-state index is 5.97. The maximum absolute atomic E-state index is 5.97. The zero-order valence-corrected chi connectivity index (χ0v) is 57.7. The van der Waals surface area contributed by atoms with Gasteiger partial charge in [0, 0.05) is 0 Å². The molecule has 6 heterocycles. The van der Waals surface area contributed by atoms with Crippen molar-refractivity contribution in [2.24, 2.45) is 9.98 Å². The predicted octanol–water partition coefficient (Wildman–Crippen LogP) is 15.9. The minimum atomic E-state index is -2.05. The molecule has 436 valence electrons. The first-order valence-corrected chi connectivity index (χ1v) is 32.4. The number of aromatic nitrogens is 2. The topological polar surface area (TPSA) is 97.6 Å². The molecule has 10 rings (SSSR count). The maximum Gasteiger partial charge on any atom is -0.412 e. The van der Waals surface area contributed by atoms with Crippen LogP contribution in [0.2, 0.25) is 0 Å². The fraction of sp³-hybridized carbons (Fsp3) is 0.421. The van der Waals surface area contributed by atoms with E-state index in [1.165, 1.54) is 111 Å². The molecule has 0 unspecified atom stereocenters. The van der Waals surface area contributed by atoms with Crippen LogP contribution in [0.4, 0.5) is 0 Å². The summed E-state index contributed by atoms with van der Waals surface area (Å²) in [5.74, 6) is 0. The average molecular weight is 1220 g/mol. The van der Waals surface area contributed by atoms with E-state index in [0.29, 0.717) is 0 Å². The van der Waals surface area contributed by atoms with E-state index in [1.807, 2.05) is 0 Å². The van der Waals surface area contributed by atoms with E-state index in [9.17, 15) is 0 Å². The van der Waals surface area contributed by atoms with Gasteiger partial charge in [-0.3, -0.25) is 0 Å². The van der Waals surface area contributed by atoms with Crippen LogP contribution in [0.3, 0.4) is 0 Å². The van der Waals surface area contributed by atoms with Crippen LogP contribution in [0.25, 0.3) is 22.3 Å². The van der Waals surface area contributed by atoms with Crippen LogP contribution in [0.5, 0.6) is 0 Å². The molecule has 0 spiro atoms. The Morgan fingerprint density at radius 3 is 0.735 bits per heavy atom. The van der Waals surface area contributed by atoms with Gasteiger partial charge < -0.3 is 11.0 Å². The standard InChI is InChI=1S/C76H92N4.2H2O.Sn/c1-69(2,3)49-33-45(34-50(41-49)70(4,5)6)65-57-25-27-59(77-57)66(46-35-51(71(7,8)9)42-52(36-46)72(10,11)12)61-29-31-63(79-61)68(48-39-55(75(19,20)21)44-56(40-48)76(22,23)24)64-32-30-62(80-64)67(60-28-26-58(65)78-60)47-37-53(73(13,14)15)43-54(38-47)74(16,17)18;;;/h25-44H,1-24H3;2*1H2;/q-2;;;+2. The Balaban J connectivity index is 0.00000450. The normalized spacial score (nSPS) is 15.9. The zero-order valence-electron chi connectivity index (χ0n) is 54.8. The third-order valence-corrected chi connectivity index (χ3v) is 21.0. The van der Waals surface area contributed by atoms with Crippen LogP contribution in [0.15, 0.2) is 143 Å². The Morgan fingerprint density at radius 1 is 0.277 bits per heavy atom. The summed E-state index contributed by atoms with van der Waals surface area (Å²) in [6.07, 6.45) is 9.30. The van der Waals surface area contributed by atoms with Gasteiger partial charge in [0.2, 0.25) is 0 Å². The fourth-order valence-corrected chi connectivity index (χ4v) is 15.4. The van der Waals surface area contributed by atoms with Gasteiger partial charge in [-0.2, -0.15) is 0 Å². The molecule has 7 heteroatoms. The molecule has 0 amide bonds. The van der Waals surface area contributed by atoms with Crippen LogP contribution < -0.4 is 10.7 Å². The summed E-state index contributed by atoms with van der Waals surface area (Å²) in [7, 11) is 0. The minimum Gasteiger partial charge on any atom is -0.412 e. The van der Waals surface area contributed by atoms with Crippen LogP contribution in [-0.2, 0) is 43.3 Å². The summed E-state index contributed by atoms with van der Waals surface area (Å²) in [5.41, 5.74) is 25.7. The number of nitrogens with zero attached hydrogens (tertiary/aromatic N) is 4. The molecule has 0 atom stereocenters. The fourth-order valence-electron chi connectivity index (χ4n) is 11.5. The van der Waals surface area contributed by atoms with E-state index in [0.717, 1.165) is 22.8 Å². The second-order valence-corrected chi connectivity index (χ2v) is 35.2. The summed E-state index contributed by atoms with van der Waals surface area (Å²) in [6.45, 7) is 56.5. The Kier molecular flexibility index (Phi) is 16.0. The van der Waals surface area contributed by atoms with E-state index in [-0.39, 0.29) is 54.3 Å². The predicted molar refractivity (Wildman–Crippen MR) is 357 cm³/mol. The molecule has 0 aliphatic carbocycles. The van der Waals surface area contributed by atoms with Crippen molar-refractivity contribution in [3.63, 3.8) is 0 Å². The zero-order chi connectivity index (χ0) is 59.3. The molecule has 2 radical (unpaired) electrons. The number of rotatable bonds is 4. The van der Waals surface area contributed by atoms with Crippen molar-refractivity contribution in [2.45, 2.75) is 209 Å². The summed E-state index contributed by atoms with van der Waals surface area (Å²) in [4.78, 5) is 11.9. The molecular formula is C76H96N4O2Sn. The Labute approximate surface area is 509 Å². The molecule has 6 nitrogen and oxygen atoms in total. The van der Waals surface area contributed by atoms with E-state index in [1.54, 1.807) is 0 Å². The molecule has 6 bridgehead atoms. The van der Waals surface area contributed by atoms with Gasteiger partial charge in [0.05, 0.1) is 0 Å². The van der Waals surface area contributed by atoms with E-state index in [4.69, 9.17) is 9.98 Å². The van der Waals surface area contributed by atoms with Crippen molar-refractivity contribution in [1.82, 2.24) is 5.58 Å². The molecule has 0 fully saturated rings. The van der Waals surface area contributed by atoms with Crippen molar-refractivity contribution < 1.29 is 11.0 Å². The average Bonchev–Trinajstić information content (AvgIpc) is 2.80. The summed E-state index contributed by atoms with van der Waals surface area (Å²) < 4.78 is 5.60. The quantitative estimate of drug-likeness (QED) is 0.157. The first kappa shape index (κ1) is 63.2. The third kappa shape index (κ3) is 12.1. The Hall–Kier alpha value is -5.80. The molecule has 0 saturated heterocycles. The number of allylic oxidation sites excluding steroid dienone is 4. The van der Waals surface area contributed by atoms with Crippen molar-refractivity contribution in [3.05, 3.63) is 222 Å². The van der Waals surface area contributed by atoms with Gasteiger partial charge in [0.15, 0.2) is 0 Å². The van der Waals surface area contributed by atoms with Gasteiger partial charge >= 0.3 is 502 Å². The molecule has 4 aliphatic rings. The van der Waals surface area contributed by atoms with Crippen LogP contribution >= 0.6 is 0 Å². The van der Waals surface area contributed by atoms with Crippen molar-refractivity contribution in [2.75, 3.05) is 0 Å². The molecule has 4 aliphatic heterocycles. The summed E-state index contributed by atoms with van der Waals surface area (Å²) >= 11 is -2.05. The molecular weight excluding hydrogens is 1120 g/mol. The number of hydrogen-bond donors (Lipinski definition) is 0. The molecule has 6 aromatic rings. The van der Waals surface area contributed by atoms with Crippen LogP contribution in [0.1, 0.15) is 244 Å². The molecule has 2 aromatic heterocycles. The van der Waals surface area contributed by atoms with E-state index in [2.05, 4.69) is 293 Å². The number of fused-ring (bicyclic) bond motifs is 2. The first-order valence-electron chi connectivity index (χ1n) is 29.8. The van der Waals surface area contributed by atoms with Gasteiger partial charge in [-0.25, -0.2) is 0 Å². The largest absolute Gasteiger partial charge is 0.412 e. The Morgan fingerprint density at radius 2 is 0.506 bits per heavy atom. The molecule has 4 aromatic carbocycles. The van der Waals surface area contributed by atoms with Crippen LogP contribution in [0, 0.1) is 0 Å². The van der Waals surface area contributed by atoms with Crippen LogP contribution in [-0.4, -0.2) is 49.6 Å². The number of benzene rings is 4. The minimum absolute atomic E-state index is 0. The van der Waals surface area contributed by atoms with Gasteiger partial charge in [0.25, 0.3) is 0 Å². The second-order valence-electron chi connectivity index (χ2n) is 32.1. The third-order valence-electron chi connectivity index (χ3n) is 17.1. The second kappa shape index (κ2) is 21.0. The number of aliphatic imine (C=N–C) groups is 2. The van der Waals surface area contributed by atoms with E-state index < -0.39 is 21.7 Å². The summed E-state index contributed by atoms with van der Waals surface area (Å²) in [6, 6.07) is 39.4. The van der Waals surface area contributed by atoms with Gasteiger partial charge in [0.1, 0.15) is 0 Å². The summed E-state index contributed by atoms with van der Waals surface area (Å²) in [5, 5.41) is 2.40. The Bertz CT molecular complexity index is 3560. The van der Waals surface area contributed by atoms with Gasteiger partial charge in [-0.15, -0.1) is 0 Å². The van der Waals surface area contributed by atoms with E-state index >= 15 is 0 Å². The molecule has 4 N–H and O–H groups in total. The van der Waals surface area contributed by atoms with Gasteiger partial charge in [-0.1, -0.05) is 0 Å². The smallest absolute Gasteiger partial charge is 0.412 e. The first-order chi connectivity index (χ1) is 37.2. The van der Waals surface area contributed by atoms with Gasteiger partial charge in [-0.05, 0) is 0 Å². The van der Waals surface area contributed by atoms with Crippen molar-refractivity contribution >= 4 is 55.4 Å². The SMILES string of the molecule is CC(C)(C)c1cc(C2=C3C=CC(=N3)C(c3cc(C(C)(C)C)cc(C(C)(C)C)c3)=c3ccc4[n]3[Sn][n]3c2ccc3C(c2cc(C(C)(C)C)cc(C(C)(C)C)c2)=C2C=CC(=N2)C=4c2cc(C(C)(C)C)cc(C(C)(C)C)c2)cc(C(C)(C)C)c1.O.O.